The van der Waals surface area contributed by atoms with Crippen LogP contribution in [-0.2, 0) is 0 Å². The van der Waals surface area contributed by atoms with Crippen LogP contribution in [0.4, 0.5) is 4.39 Å². The number of benzene rings is 2. The zero-order valence-electron chi connectivity index (χ0n) is 14.9. The summed E-state index contributed by atoms with van der Waals surface area (Å²) < 4.78 is 13.2. The summed E-state index contributed by atoms with van der Waals surface area (Å²) in [4.78, 5) is 13.7. The van der Waals surface area contributed by atoms with E-state index in [0.717, 1.165) is 44.7 Å². The van der Waals surface area contributed by atoms with Gasteiger partial charge in [-0.05, 0) is 68.3 Å². The summed E-state index contributed by atoms with van der Waals surface area (Å²) in [5, 5.41) is 0. The van der Waals surface area contributed by atoms with Crippen molar-refractivity contribution in [1.82, 2.24) is 15.0 Å². The Bertz CT molecular complexity index is 1090. The molecule has 2 heterocycles. The van der Waals surface area contributed by atoms with E-state index in [1.165, 1.54) is 17.7 Å². The Kier molecular flexibility index (Phi) is 3.96. The average molecular weight is 343 g/mol. The molecule has 3 nitrogen and oxygen atoms in total. The first kappa shape index (κ1) is 16.3. The van der Waals surface area contributed by atoms with E-state index in [-0.39, 0.29) is 5.82 Å². The van der Waals surface area contributed by atoms with Crippen molar-refractivity contribution in [2.75, 3.05) is 0 Å². The van der Waals surface area contributed by atoms with Crippen LogP contribution in [-0.4, -0.2) is 15.0 Å². The number of aryl methyl sites for hydroxylation is 3. The van der Waals surface area contributed by atoms with E-state index >= 15 is 0 Å². The highest BCUT2D eigenvalue weighted by Gasteiger charge is 2.14. The van der Waals surface area contributed by atoms with Gasteiger partial charge in [-0.15, -0.1) is 0 Å². The number of hydrogen-bond acceptors (Lipinski definition) is 3. The lowest BCUT2D eigenvalue weighted by Gasteiger charge is -2.13. The zero-order chi connectivity index (χ0) is 18.3. The molecule has 0 radical (unpaired) electrons. The lowest BCUT2D eigenvalue weighted by molar-refractivity contribution is 0.628. The Labute approximate surface area is 151 Å². The number of halogens is 1. The first-order valence-corrected chi connectivity index (χ1v) is 8.49. The summed E-state index contributed by atoms with van der Waals surface area (Å²) in [5.41, 5.74) is 8.65. The smallest absolute Gasteiger partial charge is 0.123 e. The van der Waals surface area contributed by atoms with Crippen molar-refractivity contribution in [3.63, 3.8) is 0 Å². The van der Waals surface area contributed by atoms with Gasteiger partial charge in [0, 0.05) is 11.1 Å². The number of pyridine rings is 1. The van der Waals surface area contributed by atoms with Gasteiger partial charge in [-0.1, -0.05) is 17.7 Å². The molecule has 0 unspecified atom stereocenters. The van der Waals surface area contributed by atoms with Crippen molar-refractivity contribution in [3.8, 4) is 22.5 Å². The van der Waals surface area contributed by atoms with Crippen molar-refractivity contribution in [2.45, 2.75) is 20.8 Å². The summed E-state index contributed by atoms with van der Waals surface area (Å²) in [6.45, 7) is 6.27. The fraction of sp³-hybridized carbons (Fsp3) is 0.136. The largest absolute Gasteiger partial charge is 0.244 e. The summed E-state index contributed by atoms with van der Waals surface area (Å²) in [7, 11) is 0. The molecule has 0 amide bonds. The minimum Gasteiger partial charge on any atom is -0.244 e. The van der Waals surface area contributed by atoms with Crippen molar-refractivity contribution in [1.29, 1.82) is 0 Å². The number of rotatable bonds is 2. The second-order valence-corrected chi connectivity index (χ2v) is 6.57. The van der Waals surface area contributed by atoms with Crippen LogP contribution < -0.4 is 0 Å². The van der Waals surface area contributed by atoms with Crippen molar-refractivity contribution in [3.05, 3.63) is 77.4 Å². The molecule has 4 heteroatoms. The van der Waals surface area contributed by atoms with Gasteiger partial charge in [-0.2, -0.15) is 0 Å². The molecule has 0 saturated carbocycles. The monoisotopic (exact) mass is 343 g/mol. The molecule has 0 atom stereocenters. The second kappa shape index (κ2) is 6.30. The van der Waals surface area contributed by atoms with Crippen LogP contribution in [0.3, 0.4) is 0 Å². The maximum absolute atomic E-state index is 13.2. The van der Waals surface area contributed by atoms with Gasteiger partial charge < -0.3 is 0 Å². The van der Waals surface area contributed by atoms with E-state index in [1.54, 1.807) is 18.5 Å². The van der Waals surface area contributed by atoms with Crippen molar-refractivity contribution < 1.29 is 4.39 Å². The van der Waals surface area contributed by atoms with Gasteiger partial charge in [0.25, 0.3) is 0 Å². The van der Waals surface area contributed by atoms with Gasteiger partial charge >= 0.3 is 0 Å². The molecule has 0 spiro atoms. The molecule has 2 aromatic carbocycles. The number of fused-ring (bicyclic) bond motifs is 1. The molecule has 0 fully saturated rings. The van der Waals surface area contributed by atoms with Crippen LogP contribution in [0.1, 0.15) is 16.7 Å². The predicted molar refractivity (Wildman–Crippen MR) is 102 cm³/mol. The Morgan fingerprint density at radius 3 is 2.19 bits per heavy atom. The molecule has 0 N–H and O–H groups in total. The summed E-state index contributed by atoms with van der Waals surface area (Å²) in [6.07, 6.45) is 1.58. The standard InChI is InChI=1S/C22H18FN3/c1-13-10-14(2)20(15(3)11-13)22-21-19(24-12-25-22)9-8-18(26-21)16-4-6-17(23)7-5-16/h4-12H,1-3H3. The minimum atomic E-state index is -0.260. The maximum atomic E-state index is 13.2. The lowest BCUT2D eigenvalue weighted by atomic mass is 9.96. The van der Waals surface area contributed by atoms with Crippen LogP contribution in [0, 0.1) is 26.6 Å². The minimum absolute atomic E-state index is 0.260. The molecule has 26 heavy (non-hydrogen) atoms. The van der Waals surface area contributed by atoms with Crippen LogP contribution in [0.15, 0.2) is 54.9 Å². The van der Waals surface area contributed by atoms with Crippen molar-refractivity contribution >= 4 is 11.0 Å². The van der Waals surface area contributed by atoms with Crippen LogP contribution >= 0.6 is 0 Å². The quantitative estimate of drug-likeness (QED) is 0.487. The molecule has 128 valence electrons. The summed E-state index contributed by atoms with van der Waals surface area (Å²) in [5.74, 6) is -0.260. The van der Waals surface area contributed by atoms with Crippen LogP contribution in [0.2, 0.25) is 0 Å². The molecule has 2 aromatic heterocycles. The average Bonchev–Trinajstić information content (AvgIpc) is 2.61. The van der Waals surface area contributed by atoms with Gasteiger partial charge in [0.2, 0.25) is 0 Å². The van der Waals surface area contributed by atoms with E-state index < -0.39 is 0 Å². The summed E-state index contributed by atoms with van der Waals surface area (Å²) in [6, 6.07) is 14.5. The first-order chi connectivity index (χ1) is 12.5. The summed E-state index contributed by atoms with van der Waals surface area (Å²) >= 11 is 0. The molecular weight excluding hydrogens is 325 g/mol. The highest BCUT2D eigenvalue weighted by molar-refractivity contribution is 5.92. The third-order valence-corrected chi connectivity index (χ3v) is 4.54. The molecule has 4 rings (SSSR count). The Hall–Kier alpha value is -3.14. The topological polar surface area (TPSA) is 38.7 Å². The van der Waals surface area contributed by atoms with Gasteiger partial charge in [0.1, 0.15) is 23.4 Å². The van der Waals surface area contributed by atoms with E-state index in [2.05, 4.69) is 42.9 Å². The SMILES string of the molecule is Cc1cc(C)c(-c2ncnc3ccc(-c4ccc(F)cc4)nc23)c(C)c1. The Morgan fingerprint density at radius 1 is 0.808 bits per heavy atom. The fourth-order valence-electron chi connectivity index (χ4n) is 3.46. The third-order valence-electron chi connectivity index (χ3n) is 4.54. The van der Waals surface area contributed by atoms with Gasteiger partial charge in [-0.3, -0.25) is 0 Å². The first-order valence-electron chi connectivity index (χ1n) is 8.49. The lowest BCUT2D eigenvalue weighted by Crippen LogP contribution is -1.97. The molecule has 0 aliphatic heterocycles. The highest BCUT2D eigenvalue weighted by Crippen LogP contribution is 2.32. The number of nitrogens with zero attached hydrogens (tertiary/aromatic N) is 3. The van der Waals surface area contributed by atoms with E-state index in [9.17, 15) is 4.39 Å². The molecule has 0 aliphatic carbocycles. The van der Waals surface area contributed by atoms with Gasteiger partial charge in [0.15, 0.2) is 0 Å². The van der Waals surface area contributed by atoms with Gasteiger partial charge in [0.05, 0.1) is 11.2 Å². The van der Waals surface area contributed by atoms with Crippen LogP contribution in [0.25, 0.3) is 33.5 Å². The molecule has 0 saturated heterocycles. The number of hydrogen-bond donors (Lipinski definition) is 0. The Balaban J connectivity index is 1.96. The normalized spacial score (nSPS) is 11.1. The Morgan fingerprint density at radius 2 is 1.50 bits per heavy atom. The fourth-order valence-corrected chi connectivity index (χ4v) is 3.46. The van der Waals surface area contributed by atoms with E-state index in [0.29, 0.717) is 0 Å². The van der Waals surface area contributed by atoms with E-state index in [4.69, 9.17) is 4.98 Å². The van der Waals surface area contributed by atoms with Crippen molar-refractivity contribution in [2.24, 2.45) is 0 Å². The van der Waals surface area contributed by atoms with Gasteiger partial charge in [-0.25, -0.2) is 19.3 Å². The highest BCUT2D eigenvalue weighted by atomic mass is 19.1. The van der Waals surface area contributed by atoms with E-state index in [1.807, 2.05) is 12.1 Å². The maximum Gasteiger partial charge on any atom is 0.123 e. The molecule has 0 bridgehead atoms. The number of aromatic nitrogens is 3. The third kappa shape index (κ3) is 2.84. The molecule has 4 aromatic rings. The molecule has 0 aliphatic rings. The second-order valence-electron chi connectivity index (χ2n) is 6.57. The zero-order valence-corrected chi connectivity index (χ0v) is 14.9. The predicted octanol–water partition coefficient (Wildman–Crippen LogP) is 5.42. The molecular formula is C22H18FN3. The van der Waals surface area contributed by atoms with Crippen LogP contribution in [0.5, 0.6) is 0 Å².